The molecule has 0 fully saturated rings. The number of ether oxygens (including phenoxy) is 2. The van der Waals surface area contributed by atoms with Crippen LogP contribution in [0.15, 0.2) is 18.2 Å². The van der Waals surface area contributed by atoms with E-state index in [0.29, 0.717) is 11.5 Å². The van der Waals surface area contributed by atoms with Crippen molar-refractivity contribution in [3.63, 3.8) is 0 Å². The van der Waals surface area contributed by atoms with Crippen molar-refractivity contribution in [3.8, 4) is 11.5 Å². The van der Waals surface area contributed by atoms with Crippen molar-refractivity contribution in [2.24, 2.45) is 0 Å². The molecule has 0 amide bonds. The van der Waals surface area contributed by atoms with Crippen LogP contribution in [0.1, 0.15) is 51.5 Å². The maximum Gasteiger partial charge on any atom is 0.122 e. The number of aliphatic hydroxyl groups is 1. The fraction of sp³-hybridized carbons (Fsp3) is 0.625. The zero-order chi connectivity index (χ0) is 14.3. The van der Waals surface area contributed by atoms with Crippen LogP contribution in [-0.2, 0) is 5.60 Å². The van der Waals surface area contributed by atoms with Gasteiger partial charge in [0.25, 0.3) is 0 Å². The molecule has 3 nitrogen and oxygen atoms in total. The van der Waals surface area contributed by atoms with Crippen molar-refractivity contribution in [2.75, 3.05) is 14.2 Å². The van der Waals surface area contributed by atoms with Crippen LogP contribution in [0.4, 0.5) is 0 Å². The topological polar surface area (TPSA) is 38.7 Å². The summed E-state index contributed by atoms with van der Waals surface area (Å²) in [5.41, 5.74) is 0.00967. The summed E-state index contributed by atoms with van der Waals surface area (Å²) in [5, 5.41) is 10.6. The van der Waals surface area contributed by atoms with Crippen LogP contribution in [0.3, 0.4) is 0 Å². The lowest BCUT2D eigenvalue weighted by Crippen LogP contribution is -2.21. The summed E-state index contributed by atoms with van der Waals surface area (Å²) in [5.74, 6) is 1.42. The number of unbranched alkanes of at least 4 members (excludes halogenated alkanes) is 3. The molecule has 0 aromatic heterocycles. The predicted molar refractivity (Wildman–Crippen MR) is 77.9 cm³/mol. The summed E-state index contributed by atoms with van der Waals surface area (Å²) in [6.45, 7) is 4.04. The van der Waals surface area contributed by atoms with E-state index in [1.54, 1.807) is 14.2 Å². The van der Waals surface area contributed by atoms with Crippen LogP contribution in [0.5, 0.6) is 11.5 Å². The molecule has 108 valence electrons. The standard InChI is InChI=1S/C16H26O3/c1-5-6-7-8-9-16(2,17)13-10-14(18-3)12-15(11-13)19-4/h10-12,17H,5-9H2,1-4H3. The van der Waals surface area contributed by atoms with Crippen LogP contribution < -0.4 is 9.47 Å². The van der Waals surface area contributed by atoms with Gasteiger partial charge in [0.2, 0.25) is 0 Å². The van der Waals surface area contributed by atoms with E-state index >= 15 is 0 Å². The Bertz CT molecular complexity index is 363. The van der Waals surface area contributed by atoms with Gasteiger partial charge < -0.3 is 14.6 Å². The number of hydrogen-bond donors (Lipinski definition) is 1. The van der Waals surface area contributed by atoms with Crippen LogP contribution in [0.2, 0.25) is 0 Å². The largest absolute Gasteiger partial charge is 0.497 e. The fourth-order valence-corrected chi connectivity index (χ4v) is 2.16. The first-order chi connectivity index (χ1) is 9.03. The van der Waals surface area contributed by atoms with E-state index in [9.17, 15) is 5.11 Å². The van der Waals surface area contributed by atoms with Gasteiger partial charge in [-0.1, -0.05) is 32.6 Å². The molecule has 0 bridgehead atoms. The molecule has 1 aromatic rings. The Morgan fingerprint density at radius 3 is 2.05 bits per heavy atom. The lowest BCUT2D eigenvalue weighted by molar-refractivity contribution is 0.0444. The van der Waals surface area contributed by atoms with Crippen LogP contribution in [-0.4, -0.2) is 19.3 Å². The first-order valence-corrected chi connectivity index (χ1v) is 6.99. The summed E-state index contributed by atoms with van der Waals surface area (Å²) < 4.78 is 10.5. The van der Waals surface area contributed by atoms with Gasteiger partial charge in [0.05, 0.1) is 19.8 Å². The first kappa shape index (κ1) is 15.8. The molecule has 0 aliphatic rings. The zero-order valence-electron chi connectivity index (χ0n) is 12.5. The molecule has 0 heterocycles. The number of rotatable bonds is 8. The van der Waals surface area contributed by atoms with Crippen LogP contribution in [0.25, 0.3) is 0 Å². The minimum Gasteiger partial charge on any atom is -0.497 e. The molecule has 19 heavy (non-hydrogen) atoms. The van der Waals surface area contributed by atoms with Gasteiger partial charge in [-0.25, -0.2) is 0 Å². The van der Waals surface area contributed by atoms with Gasteiger partial charge >= 0.3 is 0 Å². The Kier molecular flexibility index (Phi) is 6.16. The van der Waals surface area contributed by atoms with Crippen molar-refractivity contribution in [3.05, 3.63) is 23.8 Å². The van der Waals surface area contributed by atoms with Gasteiger partial charge in [0.1, 0.15) is 11.5 Å². The molecule has 0 aliphatic carbocycles. The molecular formula is C16H26O3. The maximum absolute atomic E-state index is 10.6. The third-order valence-corrected chi connectivity index (χ3v) is 3.49. The summed E-state index contributed by atoms with van der Waals surface area (Å²) in [6, 6.07) is 5.57. The first-order valence-electron chi connectivity index (χ1n) is 6.99. The second kappa shape index (κ2) is 7.39. The Morgan fingerprint density at radius 1 is 1.00 bits per heavy atom. The third-order valence-electron chi connectivity index (χ3n) is 3.49. The number of benzene rings is 1. The zero-order valence-corrected chi connectivity index (χ0v) is 12.5. The SMILES string of the molecule is CCCCCCC(C)(O)c1cc(OC)cc(OC)c1. The Morgan fingerprint density at radius 2 is 1.58 bits per heavy atom. The van der Waals surface area contributed by atoms with Gasteiger partial charge in [-0.3, -0.25) is 0 Å². The van der Waals surface area contributed by atoms with Gasteiger partial charge in [0, 0.05) is 6.07 Å². The smallest absolute Gasteiger partial charge is 0.122 e. The highest BCUT2D eigenvalue weighted by Crippen LogP contribution is 2.33. The van der Waals surface area contributed by atoms with Crippen molar-refractivity contribution in [2.45, 2.75) is 51.6 Å². The Hall–Kier alpha value is -1.22. The molecule has 0 saturated heterocycles. The second-order valence-corrected chi connectivity index (χ2v) is 5.19. The highest BCUT2D eigenvalue weighted by Gasteiger charge is 2.24. The lowest BCUT2D eigenvalue weighted by atomic mass is 9.89. The molecule has 1 unspecified atom stereocenters. The molecule has 1 rings (SSSR count). The molecule has 1 aromatic carbocycles. The monoisotopic (exact) mass is 266 g/mol. The van der Waals surface area contributed by atoms with Gasteiger partial charge in [-0.2, -0.15) is 0 Å². The maximum atomic E-state index is 10.6. The molecule has 1 N–H and O–H groups in total. The minimum atomic E-state index is -0.838. The minimum absolute atomic E-state index is 0.711. The summed E-state index contributed by atoms with van der Waals surface area (Å²) in [7, 11) is 3.24. The average molecular weight is 266 g/mol. The van der Waals surface area contributed by atoms with Gasteiger partial charge in [-0.05, 0) is 31.0 Å². The second-order valence-electron chi connectivity index (χ2n) is 5.19. The van der Waals surface area contributed by atoms with E-state index in [1.165, 1.54) is 12.8 Å². The summed E-state index contributed by atoms with van der Waals surface area (Å²) >= 11 is 0. The third kappa shape index (κ3) is 4.75. The van der Waals surface area contributed by atoms with Crippen molar-refractivity contribution in [1.29, 1.82) is 0 Å². The number of hydrogen-bond acceptors (Lipinski definition) is 3. The molecule has 0 radical (unpaired) electrons. The van der Waals surface area contributed by atoms with Crippen LogP contribution >= 0.6 is 0 Å². The molecule has 1 atom stereocenters. The normalized spacial score (nSPS) is 13.9. The van der Waals surface area contributed by atoms with Crippen molar-refractivity contribution in [1.82, 2.24) is 0 Å². The average Bonchev–Trinajstić information content (AvgIpc) is 2.43. The van der Waals surface area contributed by atoms with E-state index in [4.69, 9.17) is 9.47 Å². The van der Waals surface area contributed by atoms with E-state index in [2.05, 4.69) is 6.92 Å². The fourth-order valence-electron chi connectivity index (χ4n) is 2.16. The van der Waals surface area contributed by atoms with Gasteiger partial charge in [0.15, 0.2) is 0 Å². The number of methoxy groups -OCH3 is 2. The van der Waals surface area contributed by atoms with E-state index in [-0.39, 0.29) is 0 Å². The highest BCUT2D eigenvalue weighted by atomic mass is 16.5. The van der Waals surface area contributed by atoms with Crippen molar-refractivity contribution >= 4 is 0 Å². The quantitative estimate of drug-likeness (QED) is 0.726. The molecule has 0 saturated carbocycles. The molecule has 0 spiro atoms. The van der Waals surface area contributed by atoms with E-state index in [0.717, 1.165) is 24.8 Å². The molecular weight excluding hydrogens is 240 g/mol. The van der Waals surface area contributed by atoms with E-state index < -0.39 is 5.60 Å². The highest BCUT2D eigenvalue weighted by molar-refractivity contribution is 5.40. The van der Waals surface area contributed by atoms with Crippen LogP contribution in [0, 0.1) is 0 Å². The van der Waals surface area contributed by atoms with Crippen molar-refractivity contribution < 1.29 is 14.6 Å². The lowest BCUT2D eigenvalue weighted by Gasteiger charge is -2.25. The Labute approximate surface area is 116 Å². The summed E-state index contributed by atoms with van der Waals surface area (Å²) in [4.78, 5) is 0. The molecule has 3 heteroatoms. The Balaban J connectivity index is 2.80. The summed E-state index contributed by atoms with van der Waals surface area (Å²) in [6.07, 6.45) is 5.37. The van der Waals surface area contributed by atoms with E-state index in [1.807, 2.05) is 25.1 Å². The predicted octanol–water partition coefficient (Wildman–Crippen LogP) is 3.88. The molecule has 0 aliphatic heterocycles. The van der Waals surface area contributed by atoms with Gasteiger partial charge in [-0.15, -0.1) is 0 Å².